The van der Waals surface area contributed by atoms with Gasteiger partial charge in [-0.15, -0.1) is 0 Å². The quantitative estimate of drug-likeness (QED) is 0.653. The molecule has 1 unspecified atom stereocenters. The van der Waals surface area contributed by atoms with Crippen LogP contribution in [0.3, 0.4) is 0 Å². The van der Waals surface area contributed by atoms with Crippen molar-refractivity contribution in [1.82, 2.24) is 20.1 Å². The second-order valence-electron chi connectivity index (χ2n) is 9.78. The molecule has 1 aromatic heterocycles. The number of H-pyrrole nitrogens is 1. The summed E-state index contributed by atoms with van der Waals surface area (Å²) >= 11 is 0. The van der Waals surface area contributed by atoms with Gasteiger partial charge in [-0.05, 0) is 85.9 Å². The van der Waals surface area contributed by atoms with Gasteiger partial charge in [-0.3, -0.25) is 9.69 Å². The molecule has 3 aliphatic heterocycles. The van der Waals surface area contributed by atoms with Crippen molar-refractivity contribution in [2.75, 3.05) is 26.2 Å². The van der Waals surface area contributed by atoms with Gasteiger partial charge in [-0.2, -0.15) is 0 Å². The standard InChI is InChI=1S/C27H32N4O/c32-27-25-8-7-20(14-22(25)17-31(27)24-5-3-11-28-16-24)19-9-12-30(13-10-19)18-23-15-21-4-1-2-6-26(21)29-23/h1-2,4,6-8,14-15,19,24,28-29H,3,5,9-13,16-18H2. The van der Waals surface area contributed by atoms with E-state index in [2.05, 4.69) is 68.6 Å². The fourth-order valence-corrected chi connectivity index (χ4v) is 5.90. The first-order valence-electron chi connectivity index (χ1n) is 12.2. The lowest BCUT2D eigenvalue weighted by molar-refractivity contribution is 0.0674. The molecule has 1 amide bonds. The lowest BCUT2D eigenvalue weighted by Gasteiger charge is -2.32. The van der Waals surface area contributed by atoms with Crippen LogP contribution < -0.4 is 5.32 Å². The molecule has 0 spiro atoms. The highest BCUT2D eigenvalue weighted by Crippen LogP contribution is 2.33. The SMILES string of the molecule is O=C1c2ccc(C3CCN(Cc4cc5ccccc5[nH]4)CC3)cc2CN1C1CCCNC1. The first-order chi connectivity index (χ1) is 15.7. The van der Waals surface area contributed by atoms with Crippen molar-refractivity contribution in [3.05, 3.63) is 70.9 Å². The number of nitrogens with one attached hydrogen (secondary N) is 2. The minimum absolute atomic E-state index is 0.230. The van der Waals surface area contributed by atoms with Gasteiger partial charge >= 0.3 is 0 Å². The number of aromatic nitrogens is 1. The molecule has 1 atom stereocenters. The normalized spacial score (nSPS) is 22.6. The lowest BCUT2D eigenvalue weighted by Crippen LogP contribution is -2.46. The Hall–Kier alpha value is -2.63. The van der Waals surface area contributed by atoms with Crippen molar-refractivity contribution in [1.29, 1.82) is 0 Å². The number of para-hydroxylation sites is 1. The number of hydrogen-bond donors (Lipinski definition) is 2. The van der Waals surface area contributed by atoms with Crippen molar-refractivity contribution in [3.8, 4) is 0 Å². The monoisotopic (exact) mass is 428 g/mol. The highest BCUT2D eigenvalue weighted by atomic mass is 16.2. The third-order valence-electron chi connectivity index (χ3n) is 7.71. The van der Waals surface area contributed by atoms with E-state index in [1.807, 2.05) is 0 Å². The van der Waals surface area contributed by atoms with Gasteiger partial charge in [0.2, 0.25) is 0 Å². The fourth-order valence-electron chi connectivity index (χ4n) is 5.90. The van der Waals surface area contributed by atoms with Gasteiger partial charge in [0.05, 0.1) is 0 Å². The Morgan fingerprint density at radius 2 is 1.88 bits per heavy atom. The molecular weight excluding hydrogens is 396 g/mol. The molecule has 2 N–H and O–H groups in total. The van der Waals surface area contributed by atoms with Gasteiger partial charge in [0.1, 0.15) is 0 Å². The minimum Gasteiger partial charge on any atom is -0.357 e. The van der Waals surface area contributed by atoms with Crippen LogP contribution >= 0.6 is 0 Å². The van der Waals surface area contributed by atoms with Crippen LogP contribution in [0.1, 0.15) is 58.8 Å². The van der Waals surface area contributed by atoms with Crippen LogP contribution in [0.5, 0.6) is 0 Å². The number of amides is 1. The summed E-state index contributed by atoms with van der Waals surface area (Å²) in [4.78, 5) is 21.2. The van der Waals surface area contributed by atoms with E-state index in [0.29, 0.717) is 12.0 Å². The second kappa shape index (κ2) is 8.38. The predicted molar refractivity (Wildman–Crippen MR) is 128 cm³/mol. The molecule has 0 saturated carbocycles. The summed E-state index contributed by atoms with van der Waals surface area (Å²) in [7, 11) is 0. The zero-order chi connectivity index (χ0) is 21.5. The molecule has 3 aromatic rings. The summed E-state index contributed by atoms with van der Waals surface area (Å²) in [6.07, 6.45) is 4.65. The van der Waals surface area contributed by atoms with Crippen molar-refractivity contribution < 1.29 is 4.79 Å². The van der Waals surface area contributed by atoms with Crippen molar-refractivity contribution in [2.45, 2.75) is 50.7 Å². The number of hydrogen-bond acceptors (Lipinski definition) is 3. The number of carbonyl (C=O) groups excluding carboxylic acids is 1. The van der Waals surface area contributed by atoms with Crippen LogP contribution in [0.25, 0.3) is 10.9 Å². The summed E-state index contributed by atoms with van der Waals surface area (Å²) in [6.45, 7) is 6.03. The summed E-state index contributed by atoms with van der Waals surface area (Å²) < 4.78 is 0. The molecule has 4 heterocycles. The molecule has 3 aliphatic rings. The van der Waals surface area contributed by atoms with E-state index in [4.69, 9.17) is 0 Å². The van der Waals surface area contributed by atoms with E-state index in [1.165, 1.54) is 40.6 Å². The van der Waals surface area contributed by atoms with Gasteiger partial charge in [-0.1, -0.05) is 30.3 Å². The Kier molecular flexibility index (Phi) is 5.24. The molecular formula is C27H32N4O. The molecule has 2 aromatic carbocycles. The van der Waals surface area contributed by atoms with E-state index in [0.717, 1.165) is 57.7 Å². The van der Waals surface area contributed by atoms with Crippen LogP contribution in [-0.2, 0) is 13.1 Å². The molecule has 5 heteroatoms. The maximum atomic E-state index is 13.0. The third kappa shape index (κ3) is 3.74. The number of likely N-dealkylation sites (tertiary alicyclic amines) is 1. The molecule has 32 heavy (non-hydrogen) atoms. The second-order valence-corrected chi connectivity index (χ2v) is 9.78. The van der Waals surface area contributed by atoms with E-state index in [-0.39, 0.29) is 5.91 Å². The van der Waals surface area contributed by atoms with Crippen LogP contribution in [0.4, 0.5) is 0 Å². The number of carbonyl (C=O) groups is 1. The molecule has 2 fully saturated rings. The molecule has 2 saturated heterocycles. The number of benzene rings is 2. The zero-order valence-corrected chi connectivity index (χ0v) is 18.6. The number of aromatic amines is 1. The molecule has 0 aliphatic carbocycles. The van der Waals surface area contributed by atoms with Crippen molar-refractivity contribution >= 4 is 16.8 Å². The smallest absolute Gasteiger partial charge is 0.254 e. The Morgan fingerprint density at radius 3 is 2.69 bits per heavy atom. The van der Waals surface area contributed by atoms with Gasteiger partial charge < -0.3 is 15.2 Å². The Balaban J connectivity index is 1.09. The van der Waals surface area contributed by atoms with E-state index in [9.17, 15) is 4.79 Å². The maximum absolute atomic E-state index is 13.0. The topological polar surface area (TPSA) is 51.4 Å². The van der Waals surface area contributed by atoms with Gasteiger partial charge in [0, 0.05) is 42.5 Å². The van der Waals surface area contributed by atoms with E-state index >= 15 is 0 Å². The number of nitrogens with zero attached hydrogens (tertiary/aromatic N) is 2. The number of piperidine rings is 2. The summed E-state index contributed by atoms with van der Waals surface area (Å²) in [5.74, 6) is 0.827. The first-order valence-corrected chi connectivity index (χ1v) is 12.2. The van der Waals surface area contributed by atoms with Crippen LogP contribution in [0.15, 0.2) is 48.5 Å². The molecule has 0 radical (unpaired) electrons. The van der Waals surface area contributed by atoms with Gasteiger partial charge in [-0.25, -0.2) is 0 Å². The average molecular weight is 429 g/mol. The Morgan fingerprint density at radius 1 is 1.00 bits per heavy atom. The average Bonchev–Trinajstić information content (AvgIpc) is 3.40. The third-order valence-corrected chi connectivity index (χ3v) is 7.71. The highest BCUT2D eigenvalue weighted by molar-refractivity contribution is 5.98. The van der Waals surface area contributed by atoms with Crippen LogP contribution in [0, 0.1) is 0 Å². The highest BCUT2D eigenvalue weighted by Gasteiger charge is 2.34. The Labute approximate surface area is 189 Å². The minimum atomic E-state index is 0.230. The summed E-state index contributed by atoms with van der Waals surface area (Å²) in [5.41, 5.74) is 6.11. The molecule has 6 rings (SSSR count). The predicted octanol–water partition coefficient (Wildman–Crippen LogP) is 4.26. The molecule has 5 nitrogen and oxygen atoms in total. The van der Waals surface area contributed by atoms with Gasteiger partial charge in [0.25, 0.3) is 5.91 Å². The Bertz CT molecular complexity index is 1090. The van der Waals surface area contributed by atoms with E-state index < -0.39 is 0 Å². The van der Waals surface area contributed by atoms with E-state index in [1.54, 1.807) is 0 Å². The largest absolute Gasteiger partial charge is 0.357 e. The zero-order valence-electron chi connectivity index (χ0n) is 18.6. The van der Waals surface area contributed by atoms with Crippen LogP contribution in [0.2, 0.25) is 0 Å². The summed E-state index contributed by atoms with van der Waals surface area (Å²) in [5, 5.41) is 4.74. The van der Waals surface area contributed by atoms with Gasteiger partial charge in [0.15, 0.2) is 0 Å². The first kappa shape index (κ1) is 20.0. The fraction of sp³-hybridized carbons (Fsp3) is 0.444. The van der Waals surface area contributed by atoms with Crippen molar-refractivity contribution in [2.24, 2.45) is 0 Å². The van der Waals surface area contributed by atoms with Crippen LogP contribution in [-0.4, -0.2) is 52.9 Å². The maximum Gasteiger partial charge on any atom is 0.254 e. The molecule has 166 valence electrons. The lowest BCUT2D eigenvalue weighted by atomic mass is 9.88. The summed E-state index contributed by atoms with van der Waals surface area (Å²) in [6, 6.07) is 17.8. The number of rotatable bonds is 4. The molecule has 0 bridgehead atoms. The number of fused-ring (bicyclic) bond motifs is 2. The van der Waals surface area contributed by atoms with Crippen molar-refractivity contribution in [3.63, 3.8) is 0 Å².